The van der Waals surface area contributed by atoms with Crippen LogP contribution < -0.4 is 21.3 Å². The van der Waals surface area contributed by atoms with Crippen LogP contribution in [0.5, 0.6) is 0 Å². The summed E-state index contributed by atoms with van der Waals surface area (Å²) in [6.07, 6.45) is 0. The number of hydrogen-bond donors (Lipinski definition) is 4. The Kier molecular flexibility index (Phi) is 6.67. The van der Waals surface area contributed by atoms with E-state index >= 15 is 0 Å². The average molecular weight is 504 g/mol. The molecule has 3 aromatic carbocycles. The van der Waals surface area contributed by atoms with Crippen molar-refractivity contribution < 1.29 is 9.59 Å². The maximum Gasteiger partial charge on any atom is 0.323 e. The van der Waals surface area contributed by atoms with Crippen molar-refractivity contribution >= 4 is 66.7 Å². The molecule has 8 heteroatoms. The Bertz CT molecular complexity index is 879. The lowest BCUT2D eigenvalue weighted by Gasteiger charge is -2.10. The molecule has 0 heterocycles. The van der Waals surface area contributed by atoms with Gasteiger partial charge in [-0.25, -0.2) is 9.59 Å². The number of carbonyl (C=O) groups excluding carboxylic acids is 2. The molecule has 3 aromatic rings. The molecule has 4 amide bonds. The Morgan fingerprint density at radius 2 is 0.679 bits per heavy atom. The monoisotopic (exact) mass is 502 g/mol. The molecule has 0 saturated carbocycles. The van der Waals surface area contributed by atoms with Crippen molar-refractivity contribution in [2.24, 2.45) is 0 Å². The van der Waals surface area contributed by atoms with Gasteiger partial charge in [-0.3, -0.25) is 0 Å². The second kappa shape index (κ2) is 9.38. The zero-order valence-electron chi connectivity index (χ0n) is 14.5. The molecule has 0 radical (unpaired) electrons. The van der Waals surface area contributed by atoms with Crippen LogP contribution in [0.4, 0.5) is 32.3 Å². The molecule has 6 nitrogen and oxygen atoms in total. The first-order chi connectivity index (χ1) is 13.5. The van der Waals surface area contributed by atoms with Gasteiger partial charge in [0.2, 0.25) is 0 Å². The number of anilines is 4. The SMILES string of the molecule is O=C(Nc1ccc(Br)cc1)Nc1ccc(NC(=O)Nc2ccc(Br)cc2)cc1. The number of hydrogen-bond acceptors (Lipinski definition) is 2. The molecule has 0 bridgehead atoms. The number of rotatable bonds is 4. The zero-order chi connectivity index (χ0) is 19.9. The third kappa shape index (κ3) is 6.11. The first kappa shape index (κ1) is 19.9. The molecule has 3 rings (SSSR count). The molecule has 0 fully saturated rings. The van der Waals surface area contributed by atoms with Crippen molar-refractivity contribution in [1.82, 2.24) is 0 Å². The Balaban J connectivity index is 1.51. The van der Waals surface area contributed by atoms with E-state index in [1.165, 1.54) is 0 Å². The van der Waals surface area contributed by atoms with E-state index in [0.29, 0.717) is 22.7 Å². The van der Waals surface area contributed by atoms with Crippen LogP contribution in [-0.2, 0) is 0 Å². The van der Waals surface area contributed by atoms with Crippen LogP contribution >= 0.6 is 31.9 Å². The molecule has 0 atom stereocenters. The van der Waals surface area contributed by atoms with E-state index in [2.05, 4.69) is 53.1 Å². The summed E-state index contributed by atoms with van der Waals surface area (Å²) in [5, 5.41) is 11.0. The van der Waals surface area contributed by atoms with Crippen molar-refractivity contribution in [3.63, 3.8) is 0 Å². The van der Waals surface area contributed by atoms with Gasteiger partial charge in [-0.2, -0.15) is 0 Å². The van der Waals surface area contributed by atoms with Gasteiger partial charge in [-0.15, -0.1) is 0 Å². The second-order valence-corrected chi connectivity index (χ2v) is 7.58. The largest absolute Gasteiger partial charge is 0.323 e. The molecule has 4 N–H and O–H groups in total. The van der Waals surface area contributed by atoms with E-state index < -0.39 is 0 Å². The summed E-state index contributed by atoms with van der Waals surface area (Å²) in [5.74, 6) is 0. The highest BCUT2D eigenvalue weighted by atomic mass is 79.9. The normalized spacial score (nSPS) is 10.1. The Labute approximate surface area is 179 Å². The van der Waals surface area contributed by atoms with Crippen molar-refractivity contribution in [2.75, 3.05) is 21.3 Å². The molecule has 0 unspecified atom stereocenters. The van der Waals surface area contributed by atoms with E-state index in [9.17, 15) is 9.59 Å². The summed E-state index contributed by atoms with van der Waals surface area (Å²) < 4.78 is 1.87. The number of halogens is 2. The standard InChI is InChI=1S/C20H16Br2N4O2/c21-13-1-5-15(6-2-13)23-19(27)25-17-9-11-18(12-10-17)26-20(28)24-16-7-3-14(22)4-8-16/h1-12H,(H2,23,25,27)(H2,24,26,28). The van der Waals surface area contributed by atoms with Crippen molar-refractivity contribution in [3.8, 4) is 0 Å². The van der Waals surface area contributed by atoms with Crippen LogP contribution in [0.1, 0.15) is 0 Å². The summed E-state index contributed by atoms with van der Waals surface area (Å²) in [5.41, 5.74) is 2.58. The fourth-order valence-corrected chi connectivity index (χ4v) is 2.82. The Morgan fingerprint density at radius 3 is 0.929 bits per heavy atom. The first-order valence-electron chi connectivity index (χ1n) is 8.25. The highest BCUT2D eigenvalue weighted by Crippen LogP contribution is 2.17. The van der Waals surface area contributed by atoms with Gasteiger partial charge in [0.1, 0.15) is 0 Å². The lowest BCUT2D eigenvalue weighted by atomic mass is 10.3. The van der Waals surface area contributed by atoms with Gasteiger partial charge in [0.25, 0.3) is 0 Å². The minimum absolute atomic E-state index is 0.351. The number of benzene rings is 3. The number of carbonyl (C=O) groups is 2. The second-order valence-electron chi connectivity index (χ2n) is 5.75. The van der Waals surface area contributed by atoms with Gasteiger partial charge in [-0.1, -0.05) is 31.9 Å². The lowest BCUT2D eigenvalue weighted by Crippen LogP contribution is -2.20. The minimum Gasteiger partial charge on any atom is -0.308 e. The van der Waals surface area contributed by atoms with Gasteiger partial charge in [0, 0.05) is 31.7 Å². The fraction of sp³-hybridized carbons (Fsp3) is 0. The topological polar surface area (TPSA) is 82.3 Å². The van der Waals surface area contributed by atoms with E-state index in [1.807, 2.05) is 24.3 Å². The van der Waals surface area contributed by atoms with Gasteiger partial charge >= 0.3 is 12.1 Å². The third-order valence-corrected chi connectivity index (χ3v) is 4.66. The van der Waals surface area contributed by atoms with Crippen LogP contribution in [0.25, 0.3) is 0 Å². The van der Waals surface area contributed by atoms with Gasteiger partial charge in [0.05, 0.1) is 0 Å². The highest BCUT2D eigenvalue weighted by molar-refractivity contribution is 9.10. The predicted molar refractivity (Wildman–Crippen MR) is 120 cm³/mol. The van der Waals surface area contributed by atoms with Crippen LogP contribution in [0, 0.1) is 0 Å². The maximum absolute atomic E-state index is 12.0. The molecular formula is C20H16Br2N4O2. The van der Waals surface area contributed by atoms with E-state index in [1.54, 1.807) is 48.5 Å². The van der Waals surface area contributed by atoms with Crippen molar-refractivity contribution in [2.45, 2.75) is 0 Å². The number of amides is 4. The van der Waals surface area contributed by atoms with Gasteiger partial charge < -0.3 is 21.3 Å². The van der Waals surface area contributed by atoms with Crippen LogP contribution in [0.15, 0.2) is 81.7 Å². The van der Waals surface area contributed by atoms with E-state index in [4.69, 9.17) is 0 Å². The molecule has 0 aliphatic carbocycles. The summed E-state index contributed by atoms with van der Waals surface area (Å²) in [7, 11) is 0. The van der Waals surface area contributed by atoms with Crippen LogP contribution in [0.2, 0.25) is 0 Å². The molecule has 0 spiro atoms. The highest BCUT2D eigenvalue weighted by Gasteiger charge is 2.05. The van der Waals surface area contributed by atoms with Crippen molar-refractivity contribution in [1.29, 1.82) is 0 Å². The van der Waals surface area contributed by atoms with Crippen LogP contribution in [-0.4, -0.2) is 12.1 Å². The zero-order valence-corrected chi connectivity index (χ0v) is 17.7. The first-order valence-corrected chi connectivity index (χ1v) is 9.84. The smallest absolute Gasteiger partial charge is 0.308 e. The summed E-state index contributed by atoms with van der Waals surface area (Å²) in [4.78, 5) is 24.1. The minimum atomic E-state index is -0.351. The molecular weight excluding hydrogens is 488 g/mol. The molecule has 28 heavy (non-hydrogen) atoms. The molecule has 0 aliphatic heterocycles. The summed E-state index contributed by atoms with van der Waals surface area (Å²) >= 11 is 6.69. The Morgan fingerprint density at radius 1 is 0.464 bits per heavy atom. The average Bonchev–Trinajstić information content (AvgIpc) is 2.67. The number of urea groups is 2. The Hall–Kier alpha value is -2.84. The van der Waals surface area contributed by atoms with Crippen molar-refractivity contribution in [3.05, 3.63) is 81.7 Å². The van der Waals surface area contributed by atoms with E-state index in [0.717, 1.165) is 8.95 Å². The molecule has 0 aliphatic rings. The van der Waals surface area contributed by atoms with Gasteiger partial charge in [0.15, 0.2) is 0 Å². The number of nitrogens with one attached hydrogen (secondary N) is 4. The predicted octanol–water partition coefficient (Wildman–Crippen LogP) is 6.50. The maximum atomic E-state index is 12.0. The summed E-state index contributed by atoms with van der Waals surface area (Å²) in [6, 6.07) is 20.7. The summed E-state index contributed by atoms with van der Waals surface area (Å²) in [6.45, 7) is 0. The van der Waals surface area contributed by atoms with E-state index in [-0.39, 0.29) is 12.1 Å². The lowest BCUT2D eigenvalue weighted by molar-refractivity contribution is 0.261. The fourth-order valence-electron chi connectivity index (χ4n) is 2.29. The van der Waals surface area contributed by atoms with Gasteiger partial charge in [-0.05, 0) is 72.8 Å². The third-order valence-electron chi connectivity index (χ3n) is 3.60. The molecule has 0 saturated heterocycles. The van der Waals surface area contributed by atoms with Crippen LogP contribution in [0.3, 0.4) is 0 Å². The molecule has 142 valence electrons. The quantitative estimate of drug-likeness (QED) is 0.327. The molecule has 0 aromatic heterocycles.